The fourth-order valence-corrected chi connectivity index (χ4v) is 3.20. The van der Waals surface area contributed by atoms with Crippen LogP contribution in [0.4, 0.5) is 11.4 Å². The second-order valence-electron chi connectivity index (χ2n) is 5.08. The molecule has 0 aliphatic heterocycles. The second kappa shape index (κ2) is 6.05. The van der Waals surface area contributed by atoms with Gasteiger partial charge in [-0.2, -0.15) is 0 Å². The van der Waals surface area contributed by atoms with E-state index in [2.05, 4.69) is 31.3 Å². The molecule has 1 N–H and O–H groups in total. The average Bonchev–Trinajstić information content (AvgIpc) is 2.73. The molecule has 4 nitrogen and oxygen atoms in total. The lowest BCUT2D eigenvalue weighted by Crippen LogP contribution is -2.17. The predicted molar refractivity (Wildman–Crippen MR) is 83.7 cm³/mol. The Kier molecular flexibility index (Phi) is 4.39. The van der Waals surface area contributed by atoms with E-state index in [9.17, 15) is 10.1 Å². The minimum absolute atomic E-state index is 0.131. The fraction of sp³-hybridized carbons (Fsp3) is 0.333. The molecule has 0 radical (unpaired) electrons. The highest BCUT2D eigenvalue weighted by Gasteiger charge is 2.10. The van der Waals surface area contributed by atoms with Crippen LogP contribution in [0.15, 0.2) is 30.3 Å². The van der Waals surface area contributed by atoms with Gasteiger partial charge >= 0.3 is 0 Å². The van der Waals surface area contributed by atoms with Crippen LogP contribution in [0.2, 0.25) is 0 Å². The van der Waals surface area contributed by atoms with Crippen LogP contribution < -0.4 is 5.32 Å². The van der Waals surface area contributed by atoms with E-state index in [1.54, 1.807) is 23.5 Å². The molecule has 106 valence electrons. The van der Waals surface area contributed by atoms with E-state index in [1.165, 1.54) is 9.75 Å². The van der Waals surface area contributed by atoms with Gasteiger partial charge in [-0.05, 0) is 44.5 Å². The number of rotatable bonds is 5. The number of hydrogen-bond acceptors (Lipinski definition) is 4. The Bertz CT molecular complexity index is 622. The highest BCUT2D eigenvalue weighted by atomic mass is 32.1. The third-order valence-corrected chi connectivity index (χ3v) is 4.01. The molecule has 0 fully saturated rings. The number of nitrogens with one attached hydrogen (secondary N) is 1. The second-order valence-corrected chi connectivity index (χ2v) is 6.45. The summed E-state index contributed by atoms with van der Waals surface area (Å²) in [6.07, 6.45) is 0.917. The topological polar surface area (TPSA) is 55.2 Å². The maximum Gasteiger partial charge on any atom is 0.271 e. The maximum atomic E-state index is 10.9. The first-order valence-corrected chi connectivity index (χ1v) is 7.33. The van der Waals surface area contributed by atoms with Crippen molar-refractivity contribution in [2.45, 2.75) is 33.2 Å². The summed E-state index contributed by atoms with van der Waals surface area (Å²) in [5, 5.41) is 14.2. The Balaban J connectivity index is 2.07. The summed E-state index contributed by atoms with van der Waals surface area (Å²) >= 11 is 1.79. The molecule has 1 heterocycles. The van der Waals surface area contributed by atoms with Crippen LogP contribution in [0, 0.1) is 24.0 Å². The summed E-state index contributed by atoms with van der Waals surface area (Å²) in [7, 11) is 0. The van der Waals surface area contributed by atoms with E-state index in [1.807, 2.05) is 13.0 Å². The van der Waals surface area contributed by atoms with E-state index in [0.29, 0.717) is 0 Å². The third kappa shape index (κ3) is 3.81. The quantitative estimate of drug-likeness (QED) is 0.659. The molecule has 0 saturated heterocycles. The number of non-ortho nitro benzene ring substituents is 1. The lowest BCUT2D eigenvalue weighted by atomic mass is 10.1. The number of nitro groups is 1. The van der Waals surface area contributed by atoms with Crippen molar-refractivity contribution in [1.29, 1.82) is 0 Å². The van der Waals surface area contributed by atoms with Crippen molar-refractivity contribution in [3.05, 3.63) is 55.8 Å². The molecule has 0 bridgehead atoms. The lowest BCUT2D eigenvalue weighted by Gasteiger charge is -2.14. The highest BCUT2D eigenvalue weighted by Crippen LogP contribution is 2.22. The summed E-state index contributed by atoms with van der Waals surface area (Å²) in [4.78, 5) is 13.1. The number of nitrogens with zero attached hydrogens (tertiary/aromatic N) is 1. The molecule has 0 spiro atoms. The molecule has 1 unspecified atom stereocenters. The zero-order chi connectivity index (χ0) is 14.7. The highest BCUT2D eigenvalue weighted by molar-refractivity contribution is 7.11. The van der Waals surface area contributed by atoms with Crippen molar-refractivity contribution in [3.8, 4) is 0 Å². The van der Waals surface area contributed by atoms with Gasteiger partial charge in [0.15, 0.2) is 0 Å². The first kappa shape index (κ1) is 14.5. The van der Waals surface area contributed by atoms with Gasteiger partial charge in [-0.15, -0.1) is 11.3 Å². The summed E-state index contributed by atoms with van der Waals surface area (Å²) < 4.78 is 0. The van der Waals surface area contributed by atoms with E-state index < -0.39 is 0 Å². The van der Waals surface area contributed by atoms with Crippen molar-refractivity contribution >= 4 is 22.7 Å². The minimum atomic E-state index is -0.356. The summed E-state index contributed by atoms with van der Waals surface area (Å²) in [5.74, 6) is 0. The SMILES string of the molecule is Cc1cc(NC(C)Cc2ccc(C)s2)cc([N+](=O)[O-])c1. The number of thiophene rings is 1. The van der Waals surface area contributed by atoms with E-state index in [4.69, 9.17) is 0 Å². The van der Waals surface area contributed by atoms with Gasteiger partial charge in [0.05, 0.1) is 4.92 Å². The van der Waals surface area contributed by atoms with Gasteiger partial charge in [0.2, 0.25) is 0 Å². The van der Waals surface area contributed by atoms with Crippen LogP contribution in [0.5, 0.6) is 0 Å². The maximum absolute atomic E-state index is 10.9. The van der Waals surface area contributed by atoms with Gasteiger partial charge in [0, 0.05) is 40.0 Å². The predicted octanol–water partition coefficient (Wildman–Crippen LogP) is 4.32. The standard InChI is InChI=1S/C15H18N2O2S/c1-10-6-13(9-14(7-10)17(18)19)16-11(2)8-15-5-4-12(3)20-15/h4-7,9,11,16H,8H2,1-3H3. The third-order valence-electron chi connectivity index (χ3n) is 2.99. The van der Waals surface area contributed by atoms with Crippen LogP contribution in [0.25, 0.3) is 0 Å². The molecule has 2 rings (SSSR count). The average molecular weight is 290 g/mol. The molecule has 1 aromatic carbocycles. The van der Waals surface area contributed by atoms with Crippen LogP contribution >= 0.6 is 11.3 Å². The first-order chi connectivity index (χ1) is 9.44. The number of anilines is 1. The van der Waals surface area contributed by atoms with Gasteiger partial charge in [-0.3, -0.25) is 10.1 Å². The smallest absolute Gasteiger partial charge is 0.271 e. The number of nitro benzene ring substituents is 1. The van der Waals surface area contributed by atoms with Crippen LogP contribution in [-0.2, 0) is 6.42 Å². The Morgan fingerprint density at radius 2 is 2.05 bits per heavy atom. The molecule has 0 aliphatic rings. The molecule has 5 heteroatoms. The molecule has 1 aromatic heterocycles. The van der Waals surface area contributed by atoms with Crippen LogP contribution in [-0.4, -0.2) is 11.0 Å². The zero-order valence-electron chi connectivity index (χ0n) is 11.8. The van der Waals surface area contributed by atoms with Crippen molar-refractivity contribution in [2.75, 3.05) is 5.32 Å². The largest absolute Gasteiger partial charge is 0.382 e. The fourth-order valence-electron chi connectivity index (χ4n) is 2.18. The summed E-state index contributed by atoms with van der Waals surface area (Å²) in [6.45, 7) is 6.05. The van der Waals surface area contributed by atoms with E-state index >= 15 is 0 Å². The normalized spacial score (nSPS) is 12.2. The van der Waals surface area contributed by atoms with Gasteiger partial charge in [0.1, 0.15) is 0 Å². The molecular weight excluding hydrogens is 272 g/mol. The molecule has 2 aromatic rings. The van der Waals surface area contributed by atoms with Gasteiger partial charge in [-0.25, -0.2) is 0 Å². The summed E-state index contributed by atoms with van der Waals surface area (Å²) in [6, 6.07) is 9.58. The van der Waals surface area contributed by atoms with E-state index in [-0.39, 0.29) is 16.7 Å². The summed E-state index contributed by atoms with van der Waals surface area (Å²) in [5.41, 5.74) is 1.82. The van der Waals surface area contributed by atoms with Crippen molar-refractivity contribution in [3.63, 3.8) is 0 Å². The van der Waals surface area contributed by atoms with Crippen LogP contribution in [0.1, 0.15) is 22.2 Å². The van der Waals surface area contributed by atoms with Crippen molar-refractivity contribution in [1.82, 2.24) is 0 Å². The first-order valence-electron chi connectivity index (χ1n) is 6.52. The molecule has 20 heavy (non-hydrogen) atoms. The molecular formula is C15H18N2O2S. The molecule has 0 amide bonds. The minimum Gasteiger partial charge on any atom is -0.382 e. The Morgan fingerprint density at radius 3 is 2.65 bits per heavy atom. The van der Waals surface area contributed by atoms with Crippen molar-refractivity contribution in [2.24, 2.45) is 0 Å². The Morgan fingerprint density at radius 1 is 1.30 bits per heavy atom. The number of aryl methyl sites for hydroxylation is 2. The number of hydrogen-bond donors (Lipinski definition) is 1. The monoisotopic (exact) mass is 290 g/mol. The van der Waals surface area contributed by atoms with Gasteiger partial charge in [-0.1, -0.05) is 0 Å². The number of benzene rings is 1. The van der Waals surface area contributed by atoms with E-state index in [0.717, 1.165) is 17.7 Å². The van der Waals surface area contributed by atoms with Crippen molar-refractivity contribution < 1.29 is 4.92 Å². The Hall–Kier alpha value is -1.88. The zero-order valence-corrected chi connectivity index (χ0v) is 12.7. The molecule has 0 aliphatic carbocycles. The Labute approximate surface area is 122 Å². The van der Waals surface area contributed by atoms with Gasteiger partial charge in [0.25, 0.3) is 5.69 Å². The molecule has 1 atom stereocenters. The lowest BCUT2D eigenvalue weighted by molar-refractivity contribution is -0.384. The van der Waals surface area contributed by atoms with Crippen LogP contribution in [0.3, 0.4) is 0 Å². The van der Waals surface area contributed by atoms with Gasteiger partial charge < -0.3 is 5.32 Å². The molecule has 0 saturated carbocycles.